The van der Waals surface area contributed by atoms with Gasteiger partial charge in [0.2, 0.25) is 17.7 Å². The van der Waals surface area contributed by atoms with E-state index in [1.807, 2.05) is 30.3 Å². The summed E-state index contributed by atoms with van der Waals surface area (Å²) in [5.41, 5.74) is 13.6. The summed E-state index contributed by atoms with van der Waals surface area (Å²) < 4.78 is 0. The quantitative estimate of drug-likeness (QED) is 0.329. The van der Waals surface area contributed by atoms with Crippen molar-refractivity contribution in [2.24, 2.45) is 11.5 Å². The Morgan fingerprint density at radius 2 is 1.78 bits per heavy atom. The third kappa shape index (κ3) is 6.37. The van der Waals surface area contributed by atoms with Gasteiger partial charge < -0.3 is 26.8 Å². The first-order valence-corrected chi connectivity index (χ1v) is 13.2. The molecule has 36 heavy (non-hydrogen) atoms. The number of nitrogens with one attached hydrogen (secondary N) is 2. The number of thioether (sulfide) groups is 1. The standard InChI is InChI=1S/C26H33N5O4S/c27-19(13-17-8-10-18(32)11-9-17)26(35)31-12-4-7-22(31)24(34)29-20(14-16-5-2-1-3-6-16)25-30-21(15-36-25)23(28)33/h1-3,5-6,8-11,19-22,25,30,32H,4,7,12-15,27H2,(H2,28,33)(H,29,34)/t19-,20+,21-,22+,25?/m0/s1. The van der Waals surface area contributed by atoms with Crippen molar-refractivity contribution in [3.63, 3.8) is 0 Å². The lowest BCUT2D eigenvalue weighted by atomic mass is 10.0. The number of phenolic OH excluding ortho intramolecular Hbond substituents is 1. The number of carbonyl (C=O) groups excluding carboxylic acids is 3. The van der Waals surface area contributed by atoms with Crippen LogP contribution in [0, 0.1) is 0 Å². The Balaban J connectivity index is 1.43. The Bertz CT molecular complexity index is 1070. The third-order valence-electron chi connectivity index (χ3n) is 6.69. The molecule has 2 aromatic carbocycles. The summed E-state index contributed by atoms with van der Waals surface area (Å²) in [7, 11) is 0. The van der Waals surface area contributed by atoms with E-state index in [-0.39, 0.29) is 29.0 Å². The number of nitrogens with two attached hydrogens (primary N) is 2. The molecular weight excluding hydrogens is 478 g/mol. The minimum absolute atomic E-state index is 0.150. The molecule has 4 rings (SSSR count). The van der Waals surface area contributed by atoms with Crippen molar-refractivity contribution in [1.29, 1.82) is 0 Å². The molecule has 2 aromatic rings. The Morgan fingerprint density at radius 1 is 1.08 bits per heavy atom. The summed E-state index contributed by atoms with van der Waals surface area (Å²) in [5.74, 6) is -0.200. The fourth-order valence-electron chi connectivity index (χ4n) is 4.76. The number of primary amides is 1. The van der Waals surface area contributed by atoms with Crippen LogP contribution in [0.5, 0.6) is 5.75 Å². The molecule has 2 saturated heterocycles. The van der Waals surface area contributed by atoms with E-state index in [0.29, 0.717) is 31.6 Å². The van der Waals surface area contributed by atoms with Gasteiger partial charge in [-0.2, -0.15) is 0 Å². The van der Waals surface area contributed by atoms with Gasteiger partial charge in [0, 0.05) is 12.3 Å². The highest BCUT2D eigenvalue weighted by Gasteiger charge is 2.39. The fourth-order valence-corrected chi connectivity index (χ4v) is 6.08. The van der Waals surface area contributed by atoms with Gasteiger partial charge in [-0.3, -0.25) is 19.7 Å². The molecule has 9 nitrogen and oxygen atoms in total. The first-order valence-electron chi connectivity index (χ1n) is 12.2. The normalized spacial score (nSPS) is 23.2. The highest BCUT2D eigenvalue weighted by Crippen LogP contribution is 2.25. The van der Waals surface area contributed by atoms with Gasteiger partial charge in [0.1, 0.15) is 11.8 Å². The Hall–Kier alpha value is -3.08. The van der Waals surface area contributed by atoms with Gasteiger partial charge in [-0.05, 0) is 48.9 Å². The van der Waals surface area contributed by atoms with E-state index >= 15 is 0 Å². The maximum absolute atomic E-state index is 13.4. The van der Waals surface area contributed by atoms with Crippen LogP contribution in [0.1, 0.15) is 24.0 Å². The average molecular weight is 512 g/mol. The lowest BCUT2D eigenvalue weighted by molar-refractivity contribution is -0.139. The monoisotopic (exact) mass is 511 g/mol. The van der Waals surface area contributed by atoms with Crippen LogP contribution < -0.4 is 22.1 Å². The number of rotatable bonds is 9. The summed E-state index contributed by atoms with van der Waals surface area (Å²) in [6.07, 6.45) is 2.18. The van der Waals surface area contributed by atoms with E-state index in [2.05, 4.69) is 10.6 Å². The lowest BCUT2D eigenvalue weighted by Gasteiger charge is -2.30. The number of likely N-dealkylation sites (tertiary alicyclic amines) is 1. The summed E-state index contributed by atoms with van der Waals surface area (Å²) in [5, 5.41) is 15.7. The second-order valence-electron chi connectivity index (χ2n) is 9.35. The molecule has 0 saturated carbocycles. The fraction of sp³-hybridized carbons (Fsp3) is 0.423. The Morgan fingerprint density at radius 3 is 2.44 bits per heavy atom. The lowest BCUT2D eigenvalue weighted by Crippen LogP contribution is -2.56. The Kier molecular flexibility index (Phi) is 8.50. The molecule has 192 valence electrons. The van der Waals surface area contributed by atoms with Gasteiger partial charge in [0.15, 0.2) is 0 Å². The molecule has 2 heterocycles. The van der Waals surface area contributed by atoms with Crippen LogP contribution in [0.4, 0.5) is 0 Å². The van der Waals surface area contributed by atoms with Crippen LogP contribution in [0.15, 0.2) is 54.6 Å². The third-order valence-corrected chi connectivity index (χ3v) is 8.04. The van der Waals surface area contributed by atoms with Gasteiger partial charge in [-0.15, -0.1) is 11.8 Å². The first-order chi connectivity index (χ1) is 17.3. The summed E-state index contributed by atoms with van der Waals surface area (Å²) in [6.45, 7) is 0.476. The zero-order chi connectivity index (χ0) is 25.7. The summed E-state index contributed by atoms with van der Waals surface area (Å²) in [6, 6.07) is 14.3. The topological polar surface area (TPSA) is 151 Å². The Labute approximate surface area is 215 Å². The van der Waals surface area contributed by atoms with E-state index < -0.39 is 24.0 Å². The van der Waals surface area contributed by atoms with Crippen molar-refractivity contribution in [2.75, 3.05) is 12.3 Å². The van der Waals surface area contributed by atoms with Crippen molar-refractivity contribution < 1.29 is 19.5 Å². The minimum atomic E-state index is -0.786. The van der Waals surface area contributed by atoms with E-state index in [9.17, 15) is 19.5 Å². The molecule has 10 heteroatoms. The van der Waals surface area contributed by atoms with Crippen molar-refractivity contribution in [2.45, 2.75) is 55.2 Å². The molecule has 0 radical (unpaired) electrons. The van der Waals surface area contributed by atoms with Crippen molar-refractivity contribution in [3.05, 3.63) is 65.7 Å². The molecule has 0 bridgehead atoms. The molecule has 2 fully saturated rings. The summed E-state index contributed by atoms with van der Waals surface area (Å²) >= 11 is 1.56. The van der Waals surface area contributed by atoms with Crippen LogP contribution >= 0.6 is 11.8 Å². The number of nitrogens with zero attached hydrogens (tertiary/aromatic N) is 1. The van der Waals surface area contributed by atoms with Crippen LogP contribution in [-0.2, 0) is 27.2 Å². The largest absolute Gasteiger partial charge is 0.508 e. The van der Waals surface area contributed by atoms with Crippen LogP contribution in [0.25, 0.3) is 0 Å². The van der Waals surface area contributed by atoms with Gasteiger partial charge in [0.05, 0.1) is 23.5 Å². The van der Waals surface area contributed by atoms with E-state index in [1.165, 1.54) is 0 Å². The smallest absolute Gasteiger partial charge is 0.243 e. The summed E-state index contributed by atoms with van der Waals surface area (Å²) in [4.78, 5) is 39.9. The molecule has 0 spiro atoms. The molecule has 7 N–H and O–H groups in total. The number of carbonyl (C=O) groups is 3. The molecule has 5 atom stereocenters. The highest BCUT2D eigenvalue weighted by molar-refractivity contribution is 8.00. The predicted octanol–water partition coefficient (Wildman–Crippen LogP) is 0.497. The van der Waals surface area contributed by atoms with Gasteiger partial charge in [-0.1, -0.05) is 42.5 Å². The maximum Gasteiger partial charge on any atom is 0.243 e. The van der Waals surface area contributed by atoms with E-state index in [0.717, 1.165) is 17.5 Å². The number of phenols is 1. The van der Waals surface area contributed by atoms with Gasteiger partial charge in [-0.25, -0.2) is 0 Å². The average Bonchev–Trinajstić information content (AvgIpc) is 3.56. The van der Waals surface area contributed by atoms with Crippen LogP contribution in [0.2, 0.25) is 0 Å². The SMILES string of the molecule is NC(=O)[C@@H]1CSC([C@@H](Cc2ccccc2)NC(=O)[C@H]2CCCN2C(=O)[C@@H](N)Cc2ccc(O)cc2)N1. The van der Waals surface area contributed by atoms with Gasteiger partial charge >= 0.3 is 0 Å². The zero-order valence-corrected chi connectivity index (χ0v) is 20.8. The number of benzene rings is 2. The number of aromatic hydroxyl groups is 1. The molecule has 1 unspecified atom stereocenters. The second-order valence-corrected chi connectivity index (χ2v) is 10.5. The van der Waals surface area contributed by atoms with Crippen molar-refractivity contribution in [1.82, 2.24) is 15.5 Å². The van der Waals surface area contributed by atoms with Crippen molar-refractivity contribution in [3.8, 4) is 5.75 Å². The predicted molar refractivity (Wildman–Crippen MR) is 139 cm³/mol. The van der Waals surface area contributed by atoms with E-state index in [4.69, 9.17) is 11.5 Å². The first kappa shape index (κ1) is 26.0. The minimum Gasteiger partial charge on any atom is -0.508 e. The van der Waals surface area contributed by atoms with Crippen molar-refractivity contribution >= 4 is 29.5 Å². The molecule has 3 amide bonds. The highest BCUT2D eigenvalue weighted by atomic mass is 32.2. The van der Waals surface area contributed by atoms with Crippen LogP contribution in [0.3, 0.4) is 0 Å². The zero-order valence-electron chi connectivity index (χ0n) is 20.0. The molecule has 0 aromatic heterocycles. The molecule has 2 aliphatic heterocycles. The second kappa shape index (κ2) is 11.8. The van der Waals surface area contributed by atoms with Gasteiger partial charge in [0.25, 0.3) is 0 Å². The molecule has 2 aliphatic rings. The number of amides is 3. The van der Waals surface area contributed by atoms with E-state index in [1.54, 1.807) is 40.9 Å². The molecular formula is C26H33N5O4S. The number of hydrogen-bond donors (Lipinski definition) is 5. The number of hydrogen-bond acceptors (Lipinski definition) is 7. The maximum atomic E-state index is 13.4. The van der Waals surface area contributed by atoms with Crippen LogP contribution in [-0.4, -0.2) is 69.6 Å². The molecule has 0 aliphatic carbocycles.